The predicted molar refractivity (Wildman–Crippen MR) is 115 cm³/mol. The molecule has 0 aliphatic rings. The maximum absolute atomic E-state index is 5.98. The molecule has 0 bridgehead atoms. The van der Waals surface area contributed by atoms with Crippen LogP contribution >= 0.6 is 24.0 Å². The molecule has 2 aromatic rings. The average Bonchev–Trinajstić information content (AvgIpc) is 2.53. The van der Waals surface area contributed by atoms with Gasteiger partial charge in [-0.1, -0.05) is 6.07 Å². The number of nitrogens with zero attached hydrogens (tertiary/aromatic N) is 1. The van der Waals surface area contributed by atoms with Gasteiger partial charge >= 0.3 is 0 Å². The van der Waals surface area contributed by atoms with Gasteiger partial charge in [0, 0.05) is 12.2 Å². The summed E-state index contributed by atoms with van der Waals surface area (Å²) in [5.41, 5.74) is 10.3. The molecule has 0 saturated carbocycles. The summed E-state index contributed by atoms with van der Waals surface area (Å²) >= 11 is 0. The van der Waals surface area contributed by atoms with Crippen molar-refractivity contribution in [1.29, 1.82) is 0 Å². The summed E-state index contributed by atoms with van der Waals surface area (Å²) in [6.07, 6.45) is 0.718. The molecule has 2 rings (SSSR count). The van der Waals surface area contributed by atoms with Crippen molar-refractivity contribution in [1.82, 2.24) is 0 Å². The molecule has 0 amide bonds. The molecule has 0 unspecified atom stereocenters. The van der Waals surface area contributed by atoms with Gasteiger partial charge in [-0.05, 0) is 67.3 Å². The van der Waals surface area contributed by atoms with Gasteiger partial charge in [-0.3, -0.25) is 4.99 Å². The van der Waals surface area contributed by atoms with Crippen LogP contribution < -0.4 is 20.5 Å². The second-order valence-corrected chi connectivity index (χ2v) is 5.70. The molecule has 0 spiro atoms. The van der Waals surface area contributed by atoms with Gasteiger partial charge in [0.15, 0.2) is 5.96 Å². The zero-order valence-corrected chi connectivity index (χ0v) is 17.5. The van der Waals surface area contributed by atoms with Gasteiger partial charge in [0.25, 0.3) is 0 Å². The Balaban J connectivity index is 0.00000312. The van der Waals surface area contributed by atoms with E-state index in [0.717, 1.165) is 29.2 Å². The minimum Gasteiger partial charge on any atom is -0.497 e. The predicted octanol–water partition coefficient (Wildman–Crippen LogP) is 3.91. The number of hydrogen-bond acceptors (Lipinski definition) is 3. The maximum Gasteiger partial charge on any atom is 0.193 e. The molecule has 0 radical (unpaired) electrons. The fourth-order valence-electron chi connectivity index (χ4n) is 2.61. The fraction of sp³-hybridized carbons (Fsp3) is 0.316. The minimum atomic E-state index is 0. The first-order valence-corrected chi connectivity index (χ1v) is 7.88. The van der Waals surface area contributed by atoms with E-state index in [1.54, 1.807) is 14.2 Å². The van der Waals surface area contributed by atoms with E-state index in [-0.39, 0.29) is 24.0 Å². The number of halogens is 1. The Kier molecular flexibility index (Phi) is 8.54. The summed E-state index contributed by atoms with van der Waals surface area (Å²) in [4.78, 5) is 4.39. The third kappa shape index (κ3) is 6.45. The highest BCUT2D eigenvalue weighted by Gasteiger charge is 2.05. The van der Waals surface area contributed by atoms with Crippen LogP contribution in [0.4, 0.5) is 5.69 Å². The van der Waals surface area contributed by atoms with Gasteiger partial charge in [-0.25, -0.2) is 0 Å². The van der Waals surface area contributed by atoms with E-state index in [2.05, 4.69) is 30.2 Å². The van der Waals surface area contributed by atoms with Gasteiger partial charge < -0.3 is 20.5 Å². The monoisotopic (exact) mass is 455 g/mol. The van der Waals surface area contributed by atoms with E-state index in [1.807, 2.05) is 30.3 Å². The van der Waals surface area contributed by atoms with Gasteiger partial charge in [-0.15, -0.1) is 24.0 Å². The van der Waals surface area contributed by atoms with Crippen LogP contribution in [0.25, 0.3) is 0 Å². The Bertz CT molecular complexity index is 712. The van der Waals surface area contributed by atoms with Crippen molar-refractivity contribution in [2.24, 2.45) is 10.7 Å². The van der Waals surface area contributed by atoms with Crippen LogP contribution in [-0.2, 0) is 6.42 Å². The van der Waals surface area contributed by atoms with E-state index in [4.69, 9.17) is 15.2 Å². The number of nitrogens with one attached hydrogen (secondary N) is 1. The van der Waals surface area contributed by atoms with Crippen LogP contribution in [0, 0.1) is 13.8 Å². The van der Waals surface area contributed by atoms with Crippen molar-refractivity contribution in [2.45, 2.75) is 20.3 Å². The summed E-state index contributed by atoms with van der Waals surface area (Å²) in [5, 5.41) is 3.13. The molecule has 5 nitrogen and oxygen atoms in total. The van der Waals surface area contributed by atoms with Gasteiger partial charge in [-0.2, -0.15) is 0 Å². The molecule has 0 aliphatic heterocycles. The zero-order chi connectivity index (χ0) is 17.5. The summed E-state index contributed by atoms with van der Waals surface area (Å²) in [6.45, 7) is 4.67. The fourth-order valence-corrected chi connectivity index (χ4v) is 2.61. The molecule has 3 N–H and O–H groups in total. The van der Waals surface area contributed by atoms with Gasteiger partial charge in [0.05, 0.1) is 14.2 Å². The molecule has 25 heavy (non-hydrogen) atoms. The highest BCUT2D eigenvalue weighted by molar-refractivity contribution is 14.0. The second-order valence-electron chi connectivity index (χ2n) is 5.70. The summed E-state index contributed by atoms with van der Waals surface area (Å²) < 4.78 is 10.6. The van der Waals surface area contributed by atoms with Gasteiger partial charge in [0.2, 0.25) is 0 Å². The molecule has 0 aliphatic carbocycles. The molecular weight excluding hydrogens is 429 g/mol. The lowest BCUT2D eigenvalue weighted by atomic mass is 10.1. The molecule has 0 saturated heterocycles. The molecule has 2 aromatic carbocycles. The first kappa shape index (κ1) is 21.1. The van der Waals surface area contributed by atoms with Crippen molar-refractivity contribution in [2.75, 3.05) is 26.1 Å². The third-order valence-corrected chi connectivity index (χ3v) is 3.64. The normalized spacial score (nSPS) is 10.8. The largest absolute Gasteiger partial charge is 0.497 e. The number of benzene rings is 2. The van der Waals surface area contributed by atoms with E-state index < -0.39 is 0 Å². The Morgan fingerprint density at radius 1 is 1.04 bits per heavy atom. The lowest BCUT2D eigenvalue weighted by molar-refractivity contribution is 0.399. The SMILES string of the molecule is COc1ccc(OC)c(CCN=C(N)Nc2cc(C)cc(C)c2)c1.I. The first-order chi connectivity index (χ1) is 11.5. The van der Waals surface area contributed by atoms with Crippen LogP contribution in [0.1, 0.15) is 16.7 Å². The maximum atomic E-state index is 5.98. The van der Waals surface area contributed by atoms with Crippen LogP contribution in [0.15, 0.2) is 41.4 Å². The Hall–Kier alpha value is -1.96. The van der Waals surface area contributed by atoms with Crippen molar-refractivity contribution in [3.63, 3.8) is 0 Å². The quantitative estimate of drug-likeness (QED) is 0.394. The molecule has 0 aromatic heterocycles. The first-order valence-electron chi connectivity index (χ1n) is 7.88. The lowest BCUT2D eigenvalue weighted by Gasteiger charge is -2.10. The Morgan fingerprint density at radius 3 is 2.32 bits per heavy atom. The zero-order valence-electron chi connectivity index (χ0n) is 15.1. The van der Waals surface area contributed by atoms with Crippen molar-refractivity contribution < 1.29 is 9.47 Å². The molecule has 0 atom stereocenters. The number of rotatable bonds is 6. The smallest absolute Gasteiger partial charge is 0.193 e. The van der Waals surface area contributed by atoms with E-state index >= 15 is 0 Å². The molecule has 0 fully saturated rings. The van der Waals surface area contributed by atoms with Crippen LogP contribution in [-0.4, -0.2) is 26.7 Å². The number of hydrogen-bond donors (Lipinski definition) is 2. The lowest BCUT2D eigenvalue weighted by Crippen LogP contribution is -2.23. The molecule has 6 heteroatoms. The van der Waals surface area contributed by atoms with Gasteiger partial charge in [0.1, 0.15) is 11.5 Å². The summed E-state index contributed by atoms with van der Waals surface area (Å²) in [6, 6.07) is 11.9. The van der Waals surface area contributed by atoms with Crippen molar-refractivity contribution >= 4 is 35.6 Å². The average molecular weight is 455 g/mol. The van der Waals surface area contributed by atoms with E-state index in [9.17, 15) is 0 Å². The number of methoxy groups -OCH3 is 2. The molecule has 136 valence electrons. The number of anilines is 1. The Labute approximate surface area is 166 Å². The minimum absolute atomic E-state index is 0. The summed E-state index contributed by atoms with van der Waals surface area (Å²) in [7, 11) is 3.31. The van der Waals surface area contributed by atoms with E-state index in [0.29, 0.717) is 12.5 Å². The molecule has 0 heterocycles. The number of ether oxygens (including phenoxy) is 2. The van der Waals surface area contributed by atoms with Crippen LogP contribution in [0.2, 0.25) is 0 Å². The van der Waals surface area contributed by atoms with Crippen LogP contribution in [0.3, 0.4) is 0 Å². The summed E-state index contributed by atoms with van der Waals surface area (Å²) in [5.74, 6) is 2.03. The second kappa shape index (κ2) is 10.1. The Morgan fingerprint density at radius 2 is 1.72 bits per heavy atom. The van der Waals surface area contributed by atoms with E-state index in [1.165, 1.54) is 11.1 Å². The topological polar surface area (TPSA) is 68.9 Å². The highest BCUT2D eigenvalue weighted by Crippen LogP contribution is 2.24. The number of aliphatic imine (C=N–C) groups is 1. The van der Waals surface area contributed by atoms with Crippen LogP contribution in [0.5, 0.6) is 11.5 Å². The number of aryl methyl sites for hydroxylation is 2. The standard InChI is InChI=1S/C19H25N3O2.HI/c1-13-9-14(2)11-16(10-13)22-19(20)21-8-7-15-12-17(23-3)5-6-18(15)24-4;/h5-6,9-12H,7-8H2,1-4H3,(H3,20,21,22);1H. The number of guanidine groups is 1. The van der Waals surface area contributed by atoms with Crippen molar-refractivity contribution in [3.8, 4) is 11.5 Å². The third-order valence-electron chi connectivity index (χ3n) is 3.64. The molecular formula is C19H26IN3O2. The highest BCUT2D eigenvalue weighted by atomic mass is 127. The van der Waals surface area contributed by atoms with Crippen molar-refractivity contribution in [3.05, 3.63) is 53.1 Å². The number of nitrogens with two attached hydrogens (primary N) is 1.